The Morgan fingerprint density at radius 1 is 1.13 bits per heavy atom. The minimum Gasteiger partial charge on any atom is -0.506 e. The Balaban J connectivity index is 1.55. The summed E-state index contributed by atoms with van der Waals surface area (Å²) in [4.78, 5) is 22.5. The first-order valence-electron chi connectivity index (χ1n) is 9.92. The zero-order valence-corrected chi connectivity index (χ0v) is 16.9. The molecule has 3 N–H and O–H groups in total. The molecular weight excluding hydrogens is 394 g/mol. The van der Waals surface area contributed by atoms with Gasteiger partial charge >= 0.3 is 0 Å². The summed E-state index contributed by atoms with van der Waals surface area (Å²) in [7, 11) is 0. The second kappa shape index (κ2) is 9.27. The van der Waals surface area contributed by atoms with Gasteiger partial charge in [0.1, 0.15) is 5.75 Å². The fourth-order valence-electron chi connectivity index (χ4n) is 3.32. The molecule has 0 bridgehead atoms. The standard InChI is InChI=1S/C23H23N5O3/c1-2-22(30)25-17-5-3-4-16(14-17)19-8-9-24-23(27-19)26-18-6-7-21(29)20(15-18)28-10-12-31-13-11-28/h2-9,14-15,29H,1,10-13H2,(H,25,30)(H,24,26,27). The minimum atomic E-state index is -0.273. The van der Waals surface area contributed by atoms with Gasteiger partial charge in [-0.05, 0) is 42.5 Å². The van der Waals surface area contributed by atoms with E-state index >= 15 is 0 Å². The lowest BCUT2D eigenvalue weighted by atomic mass is 10.1. The largest absolute Gasteiger partial charge is 0.506 e. The van der Waals surface area contributed by atoms with Crippen molar-refractivity contribution in [1.29, 1.82) is 0 Å². The Labute approximate surface area is 180 Å². The third-order valence-electron chi connectivity index (χ3n) is 4.85. The zero-order chi connectivity index (χ0) is 21.6. The van der Waals surface area contributed by atoms with Crippen molar-refractivity contribution in [2.45, 2.75) is 0 Å². The maximum absolute atomic E-state index is 11.6. The monoisotopic (exact) mass is 417 g/mol. The quantitative estimate of drug-likeness (QED) is 0.417. The molecule has 1 aliphatic rings. The highest BCUT2D eigenvalue weighted by Gasteiger charge is 2.15. The van der Waals surface area contributed by atoms with Gasteiger partial charge in [-0.15, -0.1) is 0 Å². The lowest BCUT2D eigenvalue weighted by Crippen LogP contribution is -2.36. The number of hydrogen-bond acceptors (Lipinski definition) is 7. The van der Waals surface area contributed by atoms with Crippen LogP contribution < -0.4 is 15.5 Å². The van der Waals surface area contributed by atoms with Gasteiger partial charge in [-0.3, -0.25) is 4.79 Å². The van der Waals surface area contributed by atoms with Crippen LogP contribution in [0.5, 0.6) is 5.75 Å². The van der Waals surface area contributed by atoms with Crippen LogP contribution in [0, 0.1) is 0 Å². The van der Waals surface area contributed by atoms with Crippen LogP contribution in [0.2, 0.25) is 0 Å². The predicted molar refractivity (Wildman–Crippen MR) is 121 cm³/mol. The molecule has 2 aromatic carbocycles. The Kier molecular flexibility index (Phi) is 6.09. The van der Waals surface area contributed by atoms with Crippen LogP contribution in [0.4, 0.5) is 23.0 Å². The molecule has 1 aromatic heterocycles. The highest BCUT2D eigenvalue weighted by molar-refractivity contribution is 5.99. The third-order valence-corrected chi connectivity index (χ3v) is 4.85. The van der Waals surface area contributed by atoms with Gasteiger partial charge in [0.15, 0.2) is 0 Å². The molecule has 158 valence electrons. The average Bonchev–Trinajstić information content (AvgIpc) is 2.81. The molecule has 1 fully saturated rings. The fraction of sp³-hybridized carbons (Fsp3) is 0.174. The normalized spacial score (nSPS) is 13.5. The summed E-state index contributed by atoms with van der Waals surface area (Å²) in [5, 5.41) is 16.2. The highest BCUT2D eigenvalue weighted by atomic mass is 16.5. The number of nitrogens with one attached hydrogen (secondary N) is 2. The Hall–Kier alpha value is -3.91. The molecule has 0 spiro atoms. The average molecular weight is 417 g/mol. The number of morpholine rings is 1. The first-order valence-corrected chi connectivity index (χ1v) is 9.92. The molecule has 0 aliphatic carbocycles. The maximum Gasteiger partial charge on any atom is 0.247 e. The van der Waals surface area contributed by atoms with E-state index in [-0.39, 0.29) is 11.7 Å². The van der Waals surface area contributed by atoms with E-state index in [4.69, 9.17) is 4.74 Å². The number of carbonyl (C=O) groups is 1. The molecule has 31 heavy (non-hydrogen) atoms. The number of aromatic nitrogens is 2. The second-order valence-electron chi connectivity index (χ2n) is 6.97. The lowest BCUT2D eigenvalue weighted by molar-refractivity contribution is -0.111. The Morgan fingerprint density at radius 3 is 2.77 bits per heavy atom. The summed E-state index contributed by atoms with van der Waals surface area (Å²) in [5.74, 6) is 0.378. The van der Waals surface area contributed by atoms with Crippen molar-refractivity contribution >= 4 is 28.9 Å². The first-order chi connectivity index (χ1) is 15.1. The van der Waals surface area contributed by atoms with Crippen molar-refractivity contribution in [3.05, 3.63) is 67.4 Å². The smallest absolute Gasteiger partial charge is 0.247 e. The molecule has 4 rings (SSSR count). The van der Waals surface area contributed by atoms with E-state index in [1.54, 1.807) is 30.5 Å². The summed E-state index contributed by atoms with van der Waals surface area (Å²) in [5.41, 5.74) is 3.72. The van der Waals surface area contributed by atoms with E-state index in [1.165, 1.54) is 6.08 Å². The van der Waals surface area contributed by atoms with Crippen LogP contribution in [-0.4, -0.2) is 47.3 Å². The minimum absolute atomic E-state index is 0.223. The highest BCUT2D eigenvalue weighted by Crippen LogP contribution is 2.32. The molecule has 0 saturated carbocycles. The predicted octanol–water partition coefficient (Wildman–Crippen LogP) is 3.55. The molecule has 0 atom stereocenters. The molecular formula is C23H23N5O3. The number of phenols is 1. The van der Waals surface area contributed by atoms with Crippen LogP contribution >= 0.6 is 0 Å². The van der Waals surface area contributed by atoms with E-state index in [2.05, 4.69) is 32.1 Å². The SMILES string of the molecule is C=CC(=O)Nc1cccc(-c2ccnc(Nc3ccc(O)c(N4CCOCC4)c3)n2)c1. The van der Waals surface area contributed by atoms with Crippen molar-refractivity contribution < 1.29 is 14.6 Å². The summed E-state index contributed by atoms with van der Waals surface area (Å²) in [6.45, 7) is 6.18. The zero-order valence-electron chi connectivity index (χ0n) is 16.9. The fourth-order valence-corrected chi connectivity index (χ4v) is 3.32. The number of carbonyl (C=O) groups excluding carboxylic acids is 1. The van der Waals surface area contributed by atoms with Crippen LogP contribution in [0.15, 0.2) is 67.4 Å². The van der Waals surface area contributed by atoms with Crippen LogP contribution in [0.1, 0.15) is 0 Å². The van der Waals surface area contributed by atoms with Crippen molar-refractivity contribution in [3.63, 3.8) is 0 Å². The Bertz CT molecular complexity index is 1100. The number of nitrogens with zero attached hydrogens (tertiary/aromatic N) is 3. The number of ether oxygens (including phenoxy) is 1. The molecule has 0 unspecified atom stereocenters. The lowest BCUT2D eigenvalue weighted by Gasteiger charge is -2.29. The summed E-state index contributed by atoms with van der Waals surface area (Å²) in [6, 6.07) is 14.5. The Morgan fingerprint density at radius 2 is 1.97 bits per heavy atom. The van der Waals surface area contributed by atoms with Gasteiger partial charge in [-0.25, -0.2) is 9.97 Å². The number of amides is 1. The van der Waals surface area contributed by atoms with Crippen LogP contribution in [0.25, 0.3) is 11.3 Å². The molecule has 8 heteroatoms. The molecule has 1 saturated heterocycles. The van der Waals surface area contributed by atoms with Crippen molar-refractivity contribution in [3.8, 4) is 17.0 Å². The molecule has 2 heterocycles. The van der Waals surface area contributed by atoms with E-state index in [0.29, 0.717) is 30.5 Å². The van der Waals surface area contributed by atoms with Gasteiger partial charge in [0.05, 0.1) is 24.6 Å². The number of phenolic OH excluding ortho intramolecular Hbond substituents is 1. The molecule has 3 aromatic rings. The number of hydrogen-bond donors (Lipinski definition) is 3. The van der Waals surface area contributed by atoms with Gasteiger partial charge in [0.2, 0.25) is 11.9 Å². The first kappa shape index (κ1) is 20.4. The second-order valence-corrected chi connectivity index (χ2v) is 6.97. The van der Waals surface area contributed by atoms with E-state index in [9.17, 15) is 9.90 Å². The van der Waals surface area contributed by atoms with Gasteiger partial charge in [0.25, 0.3) is 0 Å². The number of anilines is 4. The van der Waals surface area contributed by atoms with E-state index < -0.39 is 0 Å². The number of aromatic hydroxyl groups is 1. The number of rotatable bonds is 6. The topological polar surface area (TPSA) is 99.6 Å². The van der Waals surface area contributed by atoms with E-state index in [1.807, 2.05) is 24.3 Å². The van der Waals surface area contributed by atoms with E-state index in [0.717, 1.165) is 30.0 Å². The molecule has 1 aliphatic heterocycles. The van der Waals surface area contributed by atoms with Crippen LogP contribution in [-0.2, 0) is 9.53 Å². The summed E-state index contributed by atoms with van der Waals surface area (Å²) < 4.78 is 5.39. The maximum atomic E-state index is 11.6. The van der Waals surface area contributed by atoms with Crippen molar-refractivity contribution in [2.24, 2.45) is 0 Å². The summed E-state index contributed by atoms with van der Waals surface area (Å²) >= 11 is 0. The van der Waals surface area contributed by atoms with Crippen molar-refractivity contribution in [2.75, 3.05) is 41.8 Å². The molecule has 0 radical (unpaired) electrons. The summed E-state index contributed by atoms with van der Waals surface area (Å²) in [6.07, 6.45) is 2.89. The molecule has 8 nitrogen and oxygen atoms in total. The molecule has 1 amide bonds. The van der Waals surface area contributed by atoms with Gasteiger partial charge in [-0.2, -0.15) is 0 Å². The van der Waals surface area contributed by atoms with Crippen molar-refractivity contribution in [1.82, 2.24) is 9.97 Å². The number of benzene rings is 2. The van der Waals surface area contributed by atoms with Crippen LogP contribution in [0.3, 0.4) is 0 Å². The van der Waals surface area contributed by atoms with Gasteiger partial charge in [-0.1, -0.05) is 18.7 Å². The van der Waals surface area contributed by atoms with Gasteiger partial charge < -0.3 is 25.4 Å². The third kappa shape index (κ3) is 4.99. The van der Waals surface area contributed by atoms with Gasteiger partial charge in [0, 0.05) is 36.2 Å².